The summed E-state index contributed by atoms with van der Waals surface area (Å²) in [4.78, 5) is 10.4. The summed E-state index contributed by atoms with van der Waals surface area (Å²) in [6.45, 7) is 2.47. The van der Waals surface area contributed by atoms with E-state index in [0.717, 1.165) is 0 Å². The zero-order valence-electron chi connectivity index (χ0n) is 7.02. The van der Waals surface area contributed by atoms with Crippen LogP contribution in [-0.2, 0) is 9.53 Å². The van der Waals surface area contributed by atoms with E-state index in [0.29, 0.717) is 5.56 Å². The maximum atomic E-state index is 10.4. The molecule has 1 aromatic carbocycles. The Morgan fingerprint density at radius 3 is 2.62 bits per heavy atom. The predicted molar refractivity (Wildman–Crippen MR) is 44.9 cm³/mol. The van der Waals surface area contributed by atoms with Gasteiger partial charge < -0.3 is 14.9 Å². The quantitative estimate of drug-likeness (QED) is 0.531. The average Bonchev–Trinajstić information content (AvgIpc) is 2.07. The Hall–Kier alpha value is -1.71. The number of hydrogen-bond donors (Lipinski definition) is 2. The molecule has 13 heavy (non-hydrogen) atoms. The lowest BCUT2D eigenvalue weighted by Gasteiger charge is -2.02. The van der Waals surface area contributed by atoms with Crippen molar-refractivity contribution in [1.82, 2.24) is 0 Å². The van der Waals surface area contributed by atoms with Crippen LogP contribution in [0.2, 0.25) is 0 Å². The second-order valence-corrected chi connectivity index (χ2v) is 2.48. The zero-order valence-corrected chi connectivity index (χ0v) is 7.02. The summed E-state index contributed by atoms with van der Waals surface area (Å²) in [7, 11) is 0. The van der Waals surface area contributed by atoms with Gasteiger partial charge in [0.25, 0.3) is 0 Å². The van der Waals surface area contributed by atoms with Gasteiger partial charge in [-0.2, -0.15) is 0 Å². The normalized spacial score (nSPS) is 9.62. The molecule has 69 valence electrons. The molecule has 0 aliphatic rings. The highest BCUT2D eigenvalue weighted by Gasteiger charge is 2.02. The van der Waals surface area contributed by atoms with Gasteiger partial charge in [0.2, 0.25) is 0 Å². The first-order valence-electron chi connectivity index (χ1n) is 3.62. The van der Waals surface area contributed by atoms with Crippen LogP contribution in [0.15, 0.2) is 18.2 Å². The number of ether oxygens (including phenoxy) is 1. The molecule has 1 radical (unpaired) electrons. The van der Waals surface area contributed by atoms with Crippen molar-refractivity contribution in [1.29, 1.82) is 0 Å². The summed E-state index contributed by atoms with van der Waals surface area (Å²) in [5, 5.41) is 18.0. The molecule has 1 rings (SSSR count). The molecule has 0 aromatic heterocycles. The highest BCUT2D eigenvalue weighted by Crippen LogP contribution is 2.25. The highest BCUT2D eigenvalue weighted by atomic mass is 16.5. The molecular formula is C9H9O4. The molecule has 0 amide bonds. The van der Waals surface area contributed by atoms with Gasteiger partial charge in [-0.05, 0) is 12.1 Å². The summed E-state index contributed by atoms with van der Waals surface area (Å²) >= 11 is 0. The molecule has 1 aromatic rings. The van der Waals surface area contributed by atoms with Crippen LogP contribution < -0.4 is 0 Å². The SMILES string of the molecule is CC(=O)O[CH]c1ccc(O)c(O)c1. The van der Waals surface area contributed by atoms with Crippen LogP contribution in [-0.4, -0.2) is 16.2 Å². The standard InChI is InChI=1S/C9H9O4/c1-6(10)13-5-7-2-3-8(11)9(12)4-7/h2-5,11-12H,1H3. The molecule has 0 fully saturated rings. The molecule has 0 unspecified atom stereocenters. The lowest BCUT2D eigenvalue weighted by molar-refractivity contribution is -0.137. The van der Waals surface area contributed by atoms with Gasteiger partial charge in [-0.3, -0.25) is 4.79 Å². The maximum absolute atomic E-state index is 10.4. The van der Waals surface area contributed by atoms with Crippen molar-refractivity contribution in [3.05, 3.63) is 30.4 Å². The number of aromatic hydroxyl groups is 2. The first kappa shape index (κ1) is 9.38. The van der Waals surface area contributed by atoms with Crippen LogP contribution in [0.4, 0.5) is 0 Å². The van der Waals surface area contributed by atoms with E-state index >= 15 is 0 Å². The molecule has 4 heteroatoms. The smallest absolute Gasteiger partial charge is 0.303 e. The topological polar surface area (TPSA) is 66.8 Å². The number of benzene rings is 1. The number of phenolic OH excluding ortho intramolecular Hbond substituents is 2. The van der Waals surface area contributed by atoms with E-state index in [9.17, 15) is 4.79 Å². The fourth-order valence-corrected chi connectivity index (χ4v) is 0.765. The summed E-state index contributed by atoms with van der Waals surface area (Å²) in [6, 6.07) is 4.11. The first-order chi connectivity index (χ1) is 6.09. The first-order valence-corrected chi connectivity index (χ1v) is 3.62. The Bertz CT molecular complexity index is 319. The van der Waals surface area contributed by atoms with Gasteiger partial charge in [0.1, 0.15) is 0 Å². The molecule has 0 heterocycles. The third kappa shape index (κ3) is 2.66. The van der Waals surface area contributed by atoms with Crippen molar-refractivity contribution < 1.29 is 19.7 Å². The Morgan fingerprint density at radius 1 is 1.38 bits per heavy atom. The maximum Gasteiger partial charge on any atom is 0.303 e. The Labute approximate surface area is 75.4 Å². The molecule has 0 atom stereocenters. The van der Waals surface area contributed by atoms with Gasteiger partial charge >= 0.3 is 5.97 Å². The second-order valence-electron chi connectivity index (χ2n) is 2.48. The van der Waals surface area contributed by atoms with Crippen LogP contribution >= 0.6 is 0 Å². The number of esters is 1. The average molecular weight is 181 g/mol. The summed E-state index contributed by atoms with van der Waals surface area (Å²) < 4.78 is 4.57. The van der Waals surface area contributed by atoms with Gasteiger partial charge in [0.15, 0.2) is 18.1 Å². The monoisotopic (exact) mass is 181 g/mol. The fraction of sp³-hybridized carbons (Fsp3) is 0.111. The molecule has 0 bridgehead atoms. The zero-order chi connectivity index (χ0) is 9.84. The minimum atomic E-state index is -0.437. The van der Waals surface area contributed by atoms with E-state index in [4.69, 9.17) is 10.2 Å². The summed E-state index contributed by atoms with van der Waals surface area (Å²) in [5.41, 5.74) is 0.505. The third-order valence-electron chi connectivity index (χ3n) is 1.36. The van der Waals surface area contributed by atoms with Gasteiger partial charge in [0.05, 0.1) is 0 Å². The fourth-order valence-electron chi connectivity index (χ4n) is 0.765. The van der Waals surface area contributed by atoms with Crippen molar-refractivity contribution >= 4 is 5.97 Å². The lowest BCUT2D eigenvalue weighted by atomic mass is 10.2. The Kier molecular flexibility index (Phi) is 2.74. The van der Waals surface area contributed by atoms with Gasteiger partial charge in [0, 0.05) is 12.5 Å². The Balaban J connectivity index is 2.68. The summed E-state index contributed by atoms with van der Waals surface area (Å²) in [6.07, 6.45) is 0. The van der Waals surface area contributed by atoms with Gasteiger partial charge in [-0.15, -0.1) is 0 Å². The van der Waals surface area contributed by atoms with Crippen LogP contribution in [0.3, 0.4) is 0 Å². The predicted octanol–water partition coefficient (Wildman–Crippen LogP) is 1.17. The number of carbonyl (C=O) groups is 1. The number of phenols is 2. The van der Waals surface area contributed by atoms with Crippen LogP contribution in [0.5, 0.6) is 11.5 Å². The van der Waals surface area contributed by atoms with Gasteiger partial charge in [-0.25, -0.2) is 0 Å². The minimum absolute atomic E-state index is 0.208. The van der Waals surface area contributed by atoms with Crippen molar-refractivity contribution in [3.8, 4) is 11.5 Å². The van der Waals surface area contributed by atoms with Crippen molar-refractivity contribution in [2.75, 3.05) is 0 Å². The molecule has 0 saturated heterocycles. The number of rotatable bonds is 2. The van der Waals surface area contributed by atoms with E-state index in [1.807, 2.05) is 0 Å². The molecular weight excluding hydrogens is 172 g/mol. The highest BCUT2D eigenvalue weighted by molar-refractivity contribution is 5.66. The van der Waals surface area contributed by atoms with Crippen LogP contribution in [0, 0.1) is 6.61 Å². The third-order valence-corrected chi connectivity index (χ3v) is 1.36. The molecule has 2 N–H and O–H groups in total. The lowest BCUT2D eigenvalue weighted by Crippen LogP contribution is -1.95. The van der Waals surface area contributed by atoms with Crippen molar-refractivity contribution in [2.24, 2.45) is 0 Å². The number of carbonyl (C=O) groups excluding carboxylic acids is 1. The van der Waals surface area contributed by atoms with Gasteiger partial charge in [-0.1, -0.05) is 6.07 Å². The van der Waals surface area contributed by atoms with Crippen LogP contribution in [0.1, 0.15) is 12.5 Å². The van der Waals surface area contributed by atoms with Crippen LogP contribution in [0.25, 0.3) is 0 Å². The molecule has 4 nitrogen and oxygen atoms in total. The van der Waals surface area contributed by atoms with E-state index in [1.54, 1.807) is 0 Å². The largest absolute Gasteiger partial charge is 0.504 e. The summed E-state index contributed by atoms with van der Waals surface area (Å²) in [5.74, 6) is -0.895. The van der Waals surface area contributed by atoms with E-state index in [1.165, 1.54) is 31.7 Å². The Morgan fingerprint density at radius 2 is 2.08 bits per heavy atom. The molecule has 0 saturated carbocycles. The van der Waals surface area contributed by atoms with Crippen molar-refractivity contribution in [2.45, 2.75) is 6.92 Å². The van der Waals surface area contributed by atoms with E-state index in [2.05, 4.69) is 4.74 Å². The molecule has 0 aliphatic heterocycles. The van der Waals surface area contributed by atoms with E-state index < -0.39 is 5.97 Å². The van der Waals surface area contributed by atoms with Crippen molar-refractivity contribution in [3.63, 3.8) is 0 Å². The van der Waals surface area contributed by atoms with E-state index in [-0.39, 0.29) is 11.5 Å². The molecule has 0 spiro atoms. The minimum Gasteiger partial charge on any atom is -0.504 e. The number of hydrogen-bond acceptors (Lipinski definition) is 4. The second kappa shape index (κ2) is 3.80. The molecule has 0 aliphatic carbocycles.